The van der Waals surface area contributed by atoms with Crippen LogP contribution in [0.5, 0.6) is 0 Å². The summed E-state index contributed by atoms with van der Waals surface area (Å²) in [4.78, 5) is 26.3. The van der Waals surface area contributed by atoms with Gasteiger partial charge in [-0.2, -0.15) is 0 Å². The average Bonchev–Trinajstić information content (AvgIpc) is 3.04. The lowest BCUT2D eigenvalue weighted by molar-refractivity contribution is -0.138. The Morgan fingerprint density at radius 3 is 2.75 bits per heavy atom. The van der Waals surface area contributed by atoms with E-state index in [-0.39, 0.29) is 30.0 Å². The van der Waals surface area contributed by atoms with E-state index in [0.29, 0.717) is 24.6 Å². The fraction of sp³-hybridized carbons (Fsp3) is 0.333. The number of carbonyl (C=O) groups is 2. The number of ether oxygens (including phenoxy) is 1. The fourth-order valence-corrected chi connectivity index (χ4v) is 3.51. The molecule has 0 saturated carbocycles. The van der Waals surface area contributed by atoms with Crippen LogP contribution in [-0.2, 0) is 16.0 Å². The van der Waals surface area contributed by atoms with E-state index in [9.17, 15) is 14.0 Å². The first kappa shape index (κ1) is 16.8. The number of halogens is 1. The van der Waals surface area contributed by atoms with Gasteiger partial charge in [0.25, 0.3) is 0 Å². The second kappa shape index (κ2) is 7.23. The molecule has 0 radical (unpaired) electrons. The van der Waals surface area contributed by atoms with Crippen molar-refractivity contribution in [3.8, 4) is 0 Å². The maximum Gasteiger partial charge on any atom is 0.227 e. The molecule has 0 N–H and O–H groups in total. The van der Waals surface area contributed by atoms with E-state index in [2.05, 4.69) is 0 Å². The SMILES string of the molecule is CC(=O)c1cc(CC(=O)N2CCOC(c3ccc(F)cc3)C2)cs1. The van der Waals surface area contributed by atoms with E-state index in [1.54, 1.807) is 23.1 Å². The molecular weight excluding hydrogens is 329 g/mol. The second-order valence-electron chi connectivity index (χ2n) is 5.80. The van der Waals surface area contributed by atoms with Gasteiger partial charge in [-0.15, -0.1) is 11.3 Å². The van der Waals surface area contributed by atoms with Gasteiger partial charge in [0.2, 0.25) is 5.91 Å². The standard InChI is InChI=1S/C18H18FNO3S/c1-12(21)17-8-13(11-24-17)9-18(22)20-6-7-23-16(10-20)14-2-4-15(19)5-3-14/h2-5,8,11,16H,6-7,9-10H2,1H3. The molecule has 4 nitrogen and oxygen atoms in total. The van der Waals surface area contributed by atoms with Crippen LogP contribution in [0, 0.1) is 5.82 Å². The number of ketones is 1. The van der Waals surface area contributed by atoms with Gasteiger partial charge >= 0.3 is 0 Å². The number of carbonyl (C=O) groups excluding carboxylic acids is 2. The summed E-state index contributed by atoms with van der Waals surface area (Å²) in [5, 5.41) is 1.85. The van der Waals surface area contributed by atoms with E-state index in [1.165, 1.54) is 30.4 Å². The number of nitrogens with zero attached hydrogens (tertiary/aromatic N) is 1. The Bertz CT molecular complexity index is 741. The molecule has 0 aliphatic carbocycles. The van der Waals surface area contributed by atoms with Gasteiger partial charge in [-0.3, -0.25) is 9.59 Å². The maximum absolute atomic E-state index is 13.0. The van der Waals surface area contributed by atoms with Crippen molar-refractivity contribution in [1.29, 1.82) is 0 Å². The van der Waals surface area contributed by atoms with Crippen LogP contribution in [0.1, 0.15) is 33.8 Å². The smallest absolute Gasteiger partial charge is 0.227 e. The highest BCUT2D eigenvalue weighted by Crippen LogP contribution is 2.23. The third-order valence-electron chi connectivity index (χ3n) is 4.02. The lowest BCUT2D eigenvalue weighted by Crippen LogP contribution is -2.42. The molecule has 2 aromatic rings. The summed E-state index contributed by atoms with van der Waals surface area (Å²) in [7, 11) is 0. The lowest BCUT2D eigenvalue weighted by Gasteiger charge is -2.33. The van der Waals surface area contributed by atoms with Gasteiger partial charge in [0.1, 0.15) is 11.9 Å². The van der Waals surface area contributed by atoms with Crippen molar-refractivity contribution in [2.45, 2.75) is 19.4 Å². The van der Waals surface area contributed by atoms with Crippen LogP contribution in [0.2, 0.25) is 0 Å². The molecule has 0 spiro atoms. The fourth-order valence-electron chi connectivity index (χ4n) is 2.69. The van der Waals surface area contributed by atoms with Gasteiger partial charge in [0.05, 0.1) is 24.4 Å². The topological polar surface area (TPSA) is 46.6 Å². The van der Waals surface area contributed by atoms with Gasteiger partial charge in [-0.05, 0) is 41.6 Å². The third kappa shape index (κ3) is 3.88. The summed E-state index contributed by atoms with van der Waals surface area (Å²) in [5.41, 5.74) is 1.73. The largest absolute Gasteiger partial charge is 0.370 e. The molecule has 1 aliphatic heterocycles. The number of hydrogen-bond acceptors (Lipinski definition) is 4. The van der Waals surface area contributed by atoms with Gasteiger partial charge in [0.15, 0.2) is 5.78 Å². The molecule has 1 aromatic heterocycles. The molecule has 1 fully saturated rings. The zero-order valence-electron chi connectivity index (χ0n) is 13.3. The second-order valence-corrected chi connectivity index (χ2v) is 6.71. The molecule has 1 unspecified atom stereocenters. The van der Waals surface area contributed by atoms with Gasteiger partial charge in [-0.1, -0.05) is 12.1 Å². The molecule has 2 heterocycles. The predicted octanol–water partition coefficient (Wildman–Crippen LogP) is 3.23. The van der Waals surface area contributed by atoms with Crippen molar-refractivity contribution in [1.82, 2.24) is 4.90 Å². The summed E-state index contributed by atoms with van der Waals surface area (Å²) in [6, 6.07) is 7.95. The van der Waals surface area contributed by atoms with Crippen LogP contribution >= 0.6 is 11.3 Å². The third-order valence-corrected chi connectivity index (χ3v) is 5.10. The van der Waals surface area contributed by atoms with Crippen LogP contribution in [-0.4, -0.2) is 36.3 Å². The minimum absolute atomic E-state index is 0.0123. The molecule has 1 aromatic carbocycles. The van der Waals surface area contributed by atoms with Gasteiger partial charge in [-0.25, -0.2) is 4.39 Å². The maximum atomic E-state index is 13.0. The van der Waals surface area contributed by atoms with Crippen molar-refractivity contribution < 1.29 is 18.7 Å². The number of hydrogen-bond donors (Lipinski definition) is 0. The molecule has 1 atom stereocenters. The molecule has 6 heteroatoms. The Kier molecular flexibility index (Phi) is 5.06. The quantitative estimate of drug-likeness (QED) is 0.798. The predicted molar refractivity (Wildman–Crippen MR) is 89.7 cm³/mol. The molecule has 1 aliphatic rings. The first-order valence-electron chi connectivity index (χ1n) is 7.76. The van der Waals surface area contributed by atoms with Crippen LogP contribution in [0.15, 0.2) is 35.7 Å². The first-order chi connectivity index (χ1) is 11.5. The Morgan fingerprint density at radius 2 is 2.08 bits per heavy atom. The Morgan fingerprint density at radius 1 is 1.33 bits per heavy atom. The number of amides is 1. The van der Waals surface area contributed by atoms with E-state index in [1.807, 2.05) is 5.38 Å². The monoisotopic (exact) mass is 347 g/mol. The Hall–Kier alpha value is -2.05. The molecule has 1 saturated heterocycles. The number of morpholine rings is 1. The number of benzene rings is 1. The average molecular weight is 347 g/mol. The van der Waals surface area contributed by atoms with Crippen molar-refractivity contribution in [3.63, 3.8) is 0 Å². The van der Waals surface area contributed by atoms with Crippen LogP contribution in [0.4, 0.5) is 4.39 Å². The molecule has 1 amide bonds. The summed E-state index contributed by atoms with van der Waals surface area (Å²) in [6.45, 7) is 2.97. The Balaban J connectivity index is 1.64. The summed E-state index contributed by atoms with van der Waals surface area (Å²) in [5.74, 6) is -0.263. The van der Waals surface area contributed by atoms with Crippen LogP contribution < -0.4 is 0 Å². The molecule has 24 heavy (non-hydrogen) atoms. The summed E-state index contributed by atoms with van der Waals surface area (Å²) >= 11 is 1.36. The van der Waals surface area contributed by atoms with Crippen molar-refractivity contribution in [2.24, 2.45) is 0 Å². The van der Waals surface area contributed by atoms with E-state index < -0.39 is 0 Å². The minimum Gasteiger partial charge on any atom is -0.370 e. The zero-order chi connectivity index (χ0) is 17.1. The number of rotatable bonds is 4. The number of thiophene rings is 1. The van der Waals surface area contributed by atoms with Gasteiger partial charge in [0, 0.05) is 6.54 Å². The van der Waals surface area contributed by atoms with E-state index >= 15 is 0 Å². The first-order valence-corrected chi connectivity index (χ1v) is 8.64. The normalized spacial score (nSPS) is 17.8. The molecule has 0 bridgehead atoms. The van der Waals surface area contributed by atoms with E-state index in [4.69, 9.17) is 4.74 Å². The lowest BCUT2D eigenvalue weighted by atomic mass is 10.1. The molecule has 126 valence electrons. The van der Waals surface area contributed by atoms with Gasteiger partial charge < -0.3 is 9.64 Å². The molecule has 3 rings (SSSR count). The Labute approximate surface area is 143 Å². The van der Waals surface area contributed by atoms with Crippen LogP contribution in [0.3, 0.4) is 0 Å². The summed E-state index contributed by atoms with van der Waals surface area (Å²) in [6.07, 6.45) is 0.0402. The molecular formula is C18H18FNO3S. The number of Topliss-reactive ketones (excluding diaryl/α,β-unsaturated/α-hetero) is 1. The summed E-state index contributed by atoms with van der Waals surface area (Å²) < 4.78 is 18.7. The highest BCUT2D eigenvalue weighted by molar-refractivity contribution is 7.12. The minimum atomic E-state index is -0.291. The van der Waals surface area contributed by atoms with Crippen molar-refractivity contribution in [3.05, 3.63) is 57.5 Å². The zero-order valence-corrected chi connectivity index (χ0v) is 14.1. The highest BCUT2D eigenvalue weighted by atomic mass is 32.1. The van der Waals surface area contributed by atoms with Crippen molar-refractivity contribution in [2.75, 3.05) is 19.7 Å². The van der Waals surface area contributed by atoms with E-state index in [0.717, 1.165) is 11.1 Å². The van der Waals surface area contributed by atoms with Crippen LogP contribution in [0.25, 0.3) is 0 Å². The highest BCUT2D eigenvalue weighted by Gasteiger charge is 2.25. The van der Waals surface area contributed by atoms with Crippen molar-refractivity contribution >= 4 is 23.0 Å².